The van der Waals surface area contributed by atoms with E-state index in [0.29, 0.717) is 29.2 Å². The molecule has 1 heterocycles. The van der Waals surface area contributed by atoms with Gasteiger partial charge in [-0.2, -0.15) is 13.2 Å². The Labute approximate surface area is 195 Å². The van der Waals surface area contributed by atoms with Crippen molar-refractivity contribution in [2.75, 3.05) is 0 Å². The Morgan fingerprint density at radius 1 is 0.903 bits per heavy atom. The average molecular weight is 435 g/mol. The van der Waals surface area contributed by atoms with Crippen LogP contribution in [0.5, 0.6) is 11.5 Å². The smallest absolute Gasteiger partial charge is 0.489 e. The molecule has 0 saturated carbocycles. The molecule has 3 aromatic rings. The summed E-state index contributed by atoms with van der Waals surface area (Å²) in [5.41, 5.74) is 1.65. The molecule has 0 spiro atoms. The summed E-state index contributed by atoms with van der Waals surface area (Å²) in [5, 5.41) is 0. The van der Waals surface area contributed by atoms with Crippen molar-refractivity contribution in [2.45, 2.75) is 32.2 Å². The zero-order chi connectivity index (χ0) is 21.4. The van der Waals surface area contributed by atoms with Crippen LogP contribution < -0.4 is 9.47 Å². The second kappa shape index (κ2) is 8.97. The molecule has 1 aliphatic heterocycles. The van der Waals surface area contributed by atoms with Crippen molar-refractivity contribution in [3.63, 3.8) is 0 Å². The van der Waals surface area contributed by atoms with E-state index in [0.717, 1.165) is 17.2 Å². The van der Waals surface area contributed by atoms with E-state index in [4.69, 9.17) is 9.47 Å². The fraction of sp³-hybridized carbons (Fsp3) is 0.200. The minimum absolute atomic E-state index is 0. The Hall–Kier alpha value is -2.44. The fourth-order valence-corrected chi connectivity index (χ4v) is 3.48. The molecule has 0 saturated heterocycles. The van der Waals surface area contributed by atoms with Crippen molar-refractivity contribution in [1.82, 2.24) is 0 Å². The van der Waals surface area contributed by atoms with E-state index in [9.17, 15) is 13.2 Å². The number of hydrogen-bond donors (Lipinski definition) is 0. The predicted molar refractivity (Wildman–Crippen MR) is 116 cm³/mol. The van der Waals surface area contributed by atoms with E-state index in [-0.39, 0.29) is 23.1 Å². The van der Waals surface area contributed by atoms with Gasteiger partial charge in [0.05, 0.1) is 5.56 Å². The second-order valence-electron chi connectivity index (χ2n) is 7.77. The maximum Gasteiger partial charge on any atom is 2.00 e. The largest absolute Gasteiger partial charge is 2.00 e. The summed E-state index contributed by atoms with van der Waals surface area (Å²) in [6, 6.07) is 20.6. The van der Waals surface area contributed by atoms with E-state index in [1.807, 2.05) is 62.4 Å². The van der Waals surface area contributed by atoms with Gasteiger partial charge in [0, 0.05) is 11.6 Å². The van der Waals surface area contributed by atoms with Crippen molar-refractivity contribution >= 4 is 28.6 Å². The van der Waals surface area contributed by atoms with Crippen LogP contribution in [0.2, 0.25) is 0 Å². The zero-order valence-electron chi connectivity index (χ0n) is 17.4. The van der Waals surface area contributed by atoms with Gasteiger partial charge in [-0.15, -0.1) is 0 Å². The van der Waals surface area contributed by atoms with E-state index in [1.165, 1.54) is 12.1 Å². The number of hydrogen-bond acceptors (Lipinski definition) is 2. The van der Waals surface area contributed by atoms with Crippen LogP contribution in [0.15, 0.2) is 78.9 Å². The van der Waals surface area contributed by atoms with Gasteiger partial charge in [0.15, 0.2) is 0 Å². The maximum absolute atomic E-state index is 13.2. The molecule has 2 nitrogen and oxygen atoms in total. The predicted octanol–water partition coefficient (Wildman–Crippen LogP) is 6.51. The van der Waals surface area contributed by atoms with Gasteiger partial charge in [0.2, 0.25) is 0 Å². The van der Waals surface area contributed by atoms with Crippen LogP contribution in [0.1, 0.15) is 36.1 Å². The fourth-order valence-electron chi connectivity index (χ4n) is 3.48. The third kappa shape index (κ3) is 5.43. The van der Waals surface area contributed by atoms with Crippen LogP contribution in [-0.4, -0.2) is 28.7 Å². The van der Waals surface area contributed by atoms with Crippen molar-refractivity contribution in [2.24, 2.45) is 0 Å². The van der Waals surface area contributed by atoms with Gasteiger partial charge in [-0.05, 0) is 60.9 Å². The summed E-state index contributed by atoms with van der Waals surface area (Å²) in [5.74, 6) is 1.22. The van der Waals surface area contributed by atoms with Gasteiger partial charge >= 0.3 is 29.2 Å². The molecule has 0 fully saturated rings. The molecule has 1 aliphatic rings. The van der Waals surface area contributed by atoms with Gasteiger partial charge in [0.1, 0.15) is 23.7 Å². The Morgan fingerprint density at radius 2 is 1.65 bits per heavy atom. The topological polar surface area (TPSA) is 18.5 Å². The van der Waals surface area contributed by atoms with E-state index in [2.05, 4.69) is 0 Å². The van der Waals surface area contributed by atoms with Gasteiger partial charge < -0.3 is 9.47 Å². The van der Waals surface area contributed by atoms with Crippen molar-refractivity contribution in [3.8, 4) is 11.5 Å². The number of fused-ring (bicyclic) bond motifs is 1. The molecule has 0 radical (unpaired) electrons. The maximum atomic E-state index is 13.2. The minimum Gasteiger partial charge on any atom is -0.489 e. The summed E-state index contributed by atoms with van der Waals surface area (Å²) in [6.07, 6.45) is -2.54. The number of benzene rings is 3. The van der Waals surface area contributed by atoms with Crippen molar-refractivity contribution < 1.29 is 22.6 Å². The first-order valence-corrected chi connectivity index (χ1v) is 9.62. The SMILES string of the molecule is CC1(C)C=C(c2cccc(C(F)(F)F)c2)c2ccc(OCc3ccccc3)cc2O1.[Mg+2]. The molecule has 3 aromatic carbocycles. The summed E-state index contributed by atoms with van der Waals surface area (Å²) in [6.45, 7) is 4.17. The molecular weight excluding hydrogens is 414 g/mol. The molecule has 31 heavy (non-hydrogen) atoms. The Morgan fingerprint density at radius 3 is 2.35 bits per heavy atom. The second-order valence-corrected chi connectivity index (χ2v) is 7.77. The first kappa shape index (κ1) is 23.2. The first-order chi connectivity index (χ1) is 14.2. The zero-order valence-corrected chi connectivity index (χ0v) is 18.8. The summed E-state index contributed by atoms with van der Waals surface area (Å²) in [4.78, 5) is 0. The molecule has 0 aromatic heterocycles. The molecule has 0 bridgehead atoms. The molecule has 0 N–H and O–H groups in total. The summed E-state index contributed by atoms with van der Waals surface area (Å²) in [7, 11) is 0. The molecule has 0 amide bonds. The molecule has 0 aliphatic carbocycles. The first-order valence-electron chi connectivity index (χ1n) is 9.62. The van der Waals surface area contributed by atoms with E-state index < -0.39 is 17.3 Å². The van der Waals surface area contributed by atoms with Crippen LogP contribution in [0.25, 0.3) is 5.57 Å². The monoisotopic (exact) mass is 434 g/mol. The van der Waals surface area contributed by atoms with Crippen LogP contribution in [-0.2, 0) is 12.8 Å². The Bertz CT molecular complexity index is 1090. The van der Waals surface area contributed by atoms with E-state index >= 15 is 0 Å². The molecule has 154 valence electrons. The average Bonchev–Trinajstić information content (AvgIpc) is 2.71. The third-order valence-corrected chi connectivity index (χ3v) is 4.86. The Kier molecular flexibility index (Phi) is 6.72. The van der Waals surface area contributed by atoms with Crippen LogP contribution in [0.4, 0.5) is 13.2 Å². The minimum atomic E-state index is -4.39. The van der Waals surface area contributed by atoms with Crippen LogP contribution in [0, 0.1) is 0 Å². The number of ether oxygens (including phenoxy) is 2. The van der Waals surface area contributed by atoms with Crippen molar-refractivity contribution in [3.05, 3.63) is 101 Å². The Balaban J connectivity index is 0.00000272. The number of rotatable bonds is 4. The quantitative estimate of drug-likeness (QED) is 0.436. The van der Waals surface area contributed by atoms with Crippen LogP contribution >= 0.6 is 0 Å². The number of halogens is 3. The van der Waals surface area contributed by atoms with Crippen LogP contribution in [0.3, 0.4) is 0 Å². The molecule has 0 atom stereocenters. The molecule has 0 unspecified atom stereocenters. The van der Waals surface area contributed by atoms with Crippen molar-refractivity contribution in [1.29, 1.82) is 0 Å². The van der Waals surface area contributed by atoms with Gasteiger partial charge in [0.25, 0.3) is 0 Å². The summed E-state index contributed by atoms with van der Waals surface area (Å²) >= 11 is 0. The third-order valence-electron chi connectivity index (χ3n) is 4.86. The molecule has 6 heteroatoms. The summed E-state index contributed by atoms with van der Waals surface area (Å²) < 4.78 is 51.6. The standard InChI is InChI=1S/C25H21F3O2.Mg/c1-24(2)15-22(18-9-6-10-19(13-18)25(26,27)28)21-12-11-20(14-23(21)30-24)29-16-17-7-4-3-5-8-17;/h3-15H,16H2,1-2H3;/q;+2. The molecule has 4 rings (SSSR count). The van der Waals surface area contributed by atoms with Gasteiger partial charge in [-0.25, -0.2) is 0 Å². The number of alkyl halides is 3. The molecular formula is C25H21F3MgO2+2. The van der Waals surface area contributed by atoms with E-state index in [1.54, 1.807) is 12.1 Å². The van der Waals surface area contributed by atoms with Gasteiger partial charge in [-0.3, -0.25) is 0 Å². The van der Waals surface area contributed by atoms with Gasteiger partial charge in [-0.1, -0.05) is 42.5 Å². The normalized spacial score (nSPS) is 14.5.